The summed E-state index contributed by atoms with van der Waals surface area (Å²) in [6.07, 6.45) is -7.06. The summed E-state index contributed by atoms with van der Waals surface area (Å²) in [5.74, 6) is -4.03. The molecule has 0 aromatic carbocycles. The van der Waals surface area contributed by atoms with Gasteiger partial charge in [-0.15, -0.1) is 0 Å². The molecule has 0 heterocycles. The van der Waals surface area contributed by atoms with Gasteiger partial charge in [0, 0.05) is 6.61 Å². The zero-order valence-electron chi connectivity index (χ0n) is 15.9. The molecule has 0 saturated carbocycles. The standard InChI is InChI=1S/C16H31F3O4Si/c1-14(2,3)23-13(21)12(16(17,18)19)11(20)9-10-22-24(7,8)15(4,5)6/h11-12,20H,9-10H2,1-8H3/t11-,12-/m1/s1. The summed E-state index contributed by atoms with van der Waals surface area (Å²) in [6, 6.07) is 0. The Balaban J connectivity index is 4.93. The Morgan fingerprint density at radius 3 is 1.88 bits per heavy atom. The van der Waals surface area contributed by atoms with Gasteiger partial charge < -0.3 is 14.3 Å². The van der Waals surface area contributed by atoms with Crippen molar-refractivity contribution >= 4 is 14.3 Å². The molecule has 24 heavy (non-hydrogen) atoms. The largest absolute Gasteiger partial charge is 0.459 e. The molecule has 2 atom stereocenters. The Hall–Kier alpha value is -0.603. The van der Waals surface area contributed by atoms with Gasteiger partial charge in [0.25, 0.3) is 0 Å². The van der Waals surface area contributed by atoms with Crippen LogP contribution >= 0.6 is 0 Å². The average Bonchev–Trinajstić information content (AvgIpc) is 2.21. The smallest absolute Gasteiger partial charge is 0.404 e. The number of aliphatic hydroxyl groups is 1. The molecule has 0 aliphatic rings. The summed E-state index contributed by atoms with van der Waals surface area (Å²) in [5.41, 5.74) is -1.06. The fourth-order valence-corrected chi connectivity index (χ4v) is 2.75. The van der Waals surface area contributed by atoms with Crippen molar-refractivity contribution in [3.05, 3.63) is 0 Å². The lowest BCUT2D eigenvalue weighted by Gasteiger charge is -2.36. The maximum atomic E-state index is 13.2. The highest BCUT2D eigenvalue weighted by Gasteiger charge is 2.51. The van der Waals surface area contributed by atoms with Gasteiger partial charge in [-0.2, -0.15) is 13.2 Å². The first-order valence-corrected chi connectivity index (χ1v) is 10.9. The normalized spacial score (nSPS) is 16.7. The van der Waals surface area contributed by atoms with Crippen LogP contribution in [0.4, 0.5) is 13.2 Å². The Morgan fingerprint density at radius 1 is 1.08 bits per heavy atom. The molecule has 0 aromatic rings. The van der Waals surface area contributed by atoms with Crippen LogP contribution in [0.3, 0.4) is 0 Å². The highest BCUT2D eigenvalue weighted by Crippen LogP contribution is 2.37. The van der Waals surface area contributed by atoms with Gasteiger partial charge >= 0.3 is 12.1 Å². The quantitative estimate of drug-likeness (QED) is 0.558. The number of carbonyl (C=O) groups excluding carboxylic acids is 1. The summed E-state index contributed by atoms with van der Waals surface area (Å²) in [6.45, 7) is 14.4. The number of hydrogen-bond acceptors (Lipinski definition) is 4. The lowest BCUT2D eigenvalue weighted by molar-refractivity contribution is -0.221. The van der Waals surface area contributed by atoms with E-state index in [0.717, 1.165) is 0 Å². The van der Waals surface area contributed by atoms with Crippen LogP contribution in [0.1, 0.15) is 48.0 Å². The number of rotatable bonds is 6. The summed E-state index contributed by atoms with van der Waals surface area (Å²) in [4.78, 5) is 11.8. The third kappa shape index (κ3) is 7.52. The van der Waals surface area contributed by atoms with Crippen LogP contribution in [0, 0.1) is 5.92 Å². The minimum atomic E-state index is -4.88. The van der Waals surface area contributed by atoms with E-state index in [1.165, 1.54) is 20.8 Å². The molecule has 1 N–H and O–H groups in total. The van der Waals surface area contributed by atoms with Gasteiger partial charge in [-0.3, -0.25) is 4.79 Å². The van der Waals surface area contributed by atoms with Crippen LogP contribution in [-0.2, 0) is 14.0 Å². The maximum absolute atomic E-state index is 13.2. The van der Waals surface area contributed by atoms with Crippen molar-refractivity contribution in [2.75, 3.05) is 6.61 Å². The van der Waals surface area contributed by atoms with Gasteiger partial charge in [0.1, 0.15) is 5.60 Å². The maximum Gasteiger partial charge on any atom is 0.404 e. The highest BCUT2D eigenvalue weighted by atomic mass is 28.4. The zero-order chi connectivity index (χ0) is 19.6. The number of alkyl halides is 3. The molecule has 0 unspecified atom stereocenters. The Labute approximate surface area is 143 Å². The van der Waals surface area contributed by atoms with E-state index in [2.05, 4.69) is 0 Å². The molecule has 8 heteroatoms. The van der Waals surface area contributed by atoms with Crippen molar-refractivity contribution in [1.82, 2.24) is 0 Å². The van der Waals surface area contributed by atoms with E-state index in [4.69, 9.17) is 9.16 Å². The van der Waals surface area contributed by atoms with Crippen LogP contribution in [-0.4, -0.2) is 43.9 Å². The van der Waals surface area contributed by atoms with E-state index in [1.54, 1.807) is 0 Å². The van der Waals surface area contributed by atoms with Gasteiger partial charge in [0.2, 0.25) is 0 Å². The average molecular weight is 373 g/mol. The van der Waals surface area contributed by atoms with Gasteiger partial charge in [0.15, 0.2) is 14.2 Å². The van der Waals surface area contributed by atoms with Crippen molar-refractivity contribution in [3.63, 3.8) is 0 Å². The third-order valence-electron chi connectivity index (χ3n) is 4.08. The molecule has 0 aliphatic carbocycles. The number of carbonyl (C=O) groups is 1. The topological polar surface area (TPSA) is 55.8 Å². The molecule has 0 bridgehead atoms. The first-order valence-electron chi connectivity index (χ1n) is 8.00. The SMILES string of the molecule is CC(C)(C)OC(=O)[C@@H]([C@H](O)CCO[Si](C)(C)C(C)(C)C)C(F)(F)F. The molecule has 0 spiro atoms. The number of esters is 1. The van der Waals surface area contributed by atoms with Crippen LogP contribution in [0.15, 0.2) is 0 Å². The predicted octanol–water partition coefficient (Wildman–Crippen LogP) is 4.28. The zero-order valence-corrected chi connectivity index (χ0v) is 16.9. The lowest BCUT2D eigenvalue weighted by atomic mass is 9.99. The summed E-state index contributed by atoms with van der Waals surface area (Å²) < 4.78 is 50.0. The summed E-state index contributed by atoms with van der Waals surface area (Å²) in [7, 11) is -2.13. The van der Waals surface area contributed by atoms with Crippen LogP contribution in [0.5, 0.6) is 0 Å². The van der Waals surface area contributed by atoms with Gasteiger partial charge in [-0.1, -0.05) is 20.8 Å². The van der Waals surface area contributed by atoms with E-state index < -0.39 is 38.1 Å². The molecule has 0 saturated heterocycles. The number of hydrogen-bond donors (Lipinski definition) is 1. The van der Waals surface area contributed by atoms with E-state index in [1.807, 2.05) is 33.9 Å². The van der Waals surface area contributed by atoms with Gasteiger partial charge in [0.05, 0.1) is 6.10 Å². The highest BCUT2D eigenvalue weighted by molar-refractivity contribution is 6.74. The second-order valence-corrected chi connectivity index (χ2v) is 13.3. The van der Waals surface area contributed by atoms with Crippen molar-refractivity contribution in [3.8, 4) is 0 Å². The first-order chi connectivity index (χ1) is 10.4. The monoisotopic (exact) mass is 372 g/mol. The van der Waals surface area contributed by atoms with Crippen molar-refractivity contribution < 1.29 is 32.2 Å². The molecule has 144 valence electrons. The van der Waals surface area contributed by atoms with E-state index in [0.29, 0.717) is 0 Å². The van der Waals surface area contributed by atoms with Crippen LogP contribution in [0.25, 0.3) is 0 Å². The van der Waals surface area contributed by atoms with Crippen LogP contribution < -0.4 is 0 Å². The number of ether oxygens (including phenoxy) is 1. The summed E-state index contributed by atoms with van der Waals surface area (Å²) >= 11 is 0. The molecule has 0 aromatic heterocycles. The predicted molar refractivity (Wildman–Crippen MR) is 89.2 cm³/mol. The minimum Gasteiger partial charge on any atom is -0.459 e. The Morgan fingerprint density at radius 2 is 1.54 bits per heavy atom. The molecule has 0 aliphatic heterocycles. The Bertz CT molecular complexity index is 423. The molecule has 0 amide bonds. The Kier molecular flexibility index (Phi) is 7.55. The number of aliphatic hydroxyl groups excluding tert-OH is 1. The van der Waals surface area contributed by atoms with E-state index >= 15 is 0 Å². The second kappa shape index (κ2) is 7.74. The minimum absolute atomic E-state index is 0.0347. The fraction of sp³-hybridized carbons (Fsp3) is 0.938. The molecule has 0 rings (SSSR count). The van der Waals surface area contributed by atoms with E-state index in [-0.39, 0.29) is 18.1 Å². The molecular weight excluding hydrogens is 341 g/mol. The fourth-order valence-electron chi connectivity index (χ4n) is 1.69. The first kappa shape index (κ1) is 23.4. The van der Waals surface area contributed by atoms with Crippen LogP contribution in [0.2, 0.25) is 18.1 Å². The van der Waals surface area contributed by atoms with Crippen molar-refractivity contribution in [2.45, 2.75) is 84.0 Å². The van der Waals surface area contributed by atoms with Gasteiger partial charge in [-0.25, -0.2) is 0 Å². The second-order valence-electron chi connectivity index (χ2n) is 8.52. The summed E-state index contributed by atoms with van der Waals surface area (Å²) in [5, 5.41) is 9.84. The van der Waals surface area contributed by atoms with E-state index in [9.17, 15) is 23.1 Å². The van der Waals surface area contributed by atoms with Gasteiger partial charge in [-0.05, 0) is 45.3 Å². The third-order valence-corrected chi connectivity index (χ3v) is 8.62. The molecule has 0 radical (unpaired) electrons. The lowest BCUT2D eigenvalue weighted by Crippen LogP contribution is -2.45. The van der Waals surface area contributed by atoms with Crippen molar-refractivity contribution in [2.24, 2.45) is 5.92 Å². The molecule has 0 fully saturated rings. The van der Waals surface area contributed by atoms with Crippen molar-refractivity contribution in [1.29, 1.82) is 0 Å². The molecule has 4 nitrogen and oxygen atoms in total. The number of halogens is 3. The molecular formula is C16H31F3O4Si.